The highest BCUT2D eigenvalue weighted by Gasteiger charge is 2.90. The number of carbonyl (C=O) groups is 2. The molecule has 0 aromatic heterocycles. The summed E-state index contributed by atoms with van der Waals surface area (Å²) in [6.45, 7) is 5.04. The van der Waals surface area contributed by atoms with Crippen molar-refractivity contribution in [3.8, 4) is 5.75 Å². The smallest absolute Gasteiger partial charge is 0.338 e. The van der Waals surface area contributed by atoms with Gasteiger partial charge in [0.25, 0.3) is 0 Å². The van der Waals surface area contributed by atoms with Gasteiger partial charge in [-0.25, -0.2) is 4.79 Å². The Bertz CT molecular complexity index is 1390. The summed E-state index contributed by atoms with van der Waals surface area (Å²) in [6, 6.07) is 6.44. The summed E-state index contributed by atoms with van der Waals surface area (Å²) < 4.78 is 43.2. The molecular formula is C35H49NO11. The number of methoxy groups -OCH3 is 5. The first kappa shape index (κ1) is 33.2. The van der Waals surface area contributed by atoms with E-state index in [4.69, 9.17) is 33.2 Å². The third-order valence-electron chi connectivity index (χ3n) is 13.4. The molecule has 12 heteroatoms. The first-order valence-electron chi connectivity index (χ1n) is 16.7. The normalized spacial score (nSPS) is 47.4. The number of nitrogens with zero attached hydrogens (tertiary/aromatic N) is 1. The van der Waals surface area contributed by atoms with Gasteiger partial charge < -0.3 is 43.4 Å². The van der Waals surface area contributed by atoms with Crippen LogP contribution >= 0.6 is 0 Å². The predicted octanol–water partition coefficient (Wildman–Crippen LogP) is 1.69. The second-order valence-corrected chi connectivity index (χ2v) is 14.7. The van der Waals surface area contributed by atoms with Crippen molar-refractivity contribution in [1.82, 2.24) is 4.90 Å². The fourth-order valence-electron chi connectivity index (χ4n) is 12.4. The van der Waals surface area contributed by atoms with E-state index in [0.717, 1.165) is 0 Å². The lowest BCUT2D eigenvalue weighted by atomic mass is 9.42. The van der Waals surface area contributed by atoms with E-state index in [2.05, 4.69) is 11.8 Å². The molecule has 1 aliphatic heterocycles. The van der Waals surface area contributed by atoms with E-state index in [1.54, 1.807) is 52.7 Å². The van der Waals surface area contributed by atoms with E-state index in [9.17, 15) is 19.8 Å². The van der Waals surface area contributed by atoms with Gasteiger partial charge in [-0.05, 0) is 43.1 Å². The number of fused-ring (bicyclic) bond motifs is 2. The molecule has 12 nitrogen and oxygen atoms in total. The Labute approximate surface area is 275 Å². The number of hydrogen-bond donors (Lipinski definition) is 2. The lowest BCUT2D eigenvalue weighted by Crippen LogP contribution is -2.79. The number of ether oxygens (including phenoxy) is 7. The van der Waals surface area contributed by atoms with Crippen molar-refractivity contribution in [3.63, 3.8) is 0 Å². The highest BCUT2D eigenvalue weighted by molar-refractivity contribution is 5.89. The van der Waals surface area contributed by atoms with Gasteiger partial charge in [-0.1, -0.05) is 6.92 Å². The Morgan fingerprint density at radius 1 is 0.979 bits per heavy atom. The van der Waals surface area contributed by atoms with Crippen LogP contribution in [0.15, 0.2) is 24.3 Å². The first-order valence-corrected chi connectivity index (χ1v) is 16.7. The summed E-state index contributed by atoms with van der Waals surface area (Å²) in [7, 11) is 8.11. The monoisotopic (exact) mass is 659 g/mol. The zero-order chi connectivity index (χ0) is 33.7. The summed E-state index contributed by atoms with van der Waals surface area (Å²) in [5, 5.41) is 24.8. The number of aliphatic hydroxyl groups excluding tert-OH is 1. The summed E-state index contributed by atoms with van der Waals surface area (Å²) in [5.74, 6) is -2.10. The van der Waals surface area contributed by atoms with Crippen LogP contribution in [0.2, 0.25) is 0 Å². The van der Waals surface area contributed by atoms with Crippen LogP contribution in [0.25, 0.3) is 0 Å². The van der Waals surface area contributed by atoms with Crippen molar-refractivity contribution in [2.24, 2.45) is 34.5 Å². The molecule has 47 heavy (non-hydrogen) atoms. The largest absolute Gasteiger partial charge is 0.497 e. The lowest BCUT2D eigenvalue weighted by molar-refractivity contribution is -0.300. The number of esters is 2. The number of carbonyl (C=O) groups excluding carboxylic acids is 2. The zero-order valence-electron chi connectivity index (χ0n) is 28.3. The summed E-state index contributed by atoms with van der Waals surface area (Å²) in [4.78, 5) is 29.5. The number of rotatable bonds is 10. The Morgan fingerprint density at radius 3 is 2.26 bits per heavy atom. The number of aliphatic hydroxyl groups is 2. The summed E-state index contributed by atoms with van der Waals surface area (Å²) in [5.41, 5.74) is -3.89. The van der Waals surface area contributed by atoms with Crippen LogP contribution < -0.4 is 4.74 Å². The maximum absolute atomic E-state index is 13.9. The molecule has 6 aliphatic rings. The molecule has 14 atom stereocenters. The molecule has 2 N–H and O–H groups in total. The van der Waals surface area contributed by atoms with E-state index in [1.165, 1.54) is 14.0 Å². The molecule has 7 bridgehead atoms. The van der Waals surface area contributed by atoms with Crippen LogP contribution in [-0.2, 0) is 33.2 Å². The summed E-state index contributed by atoms with van der Waals surface area (Å²) >= 11 is 0. The van der Waals surface area contributed by atoms with Gasteiger partial charge in [0.15, 0.2) is 0 Å². The molecule has 7 rings (SSSR count). The number of likely N-dealkylation sites (tertiary alicyclic amines) is 1. The van der Waals surface area contributed by atoms with Crippen LogP contribution in [-0.4, -0.2) is 130 Å². The Hall–Kier alpha value is -2.32. The van der Waals surface area contributed by atoms with E-state index in [0.29, 0.717) is 37.4 Å². The second kappa shape index (κ2) is 11.4. The van der Waals surface area contributed by atoms with E-state index >= 15 is 0 Å². The van der Waals surface area contributed by atoms with Crippen LogP contribution in [0.1, 0.15) is 43.5 Å². The van der Waals surface area contributed by atoms with Crippen molar-refractivity contribution in [3.05, 3.63) is 29.8 Å². The second-order valence-electron chi connectivity index (χ2n) is 14.7. The van der Waals surface area contributed by atoms with Gasteiger partial charge in [-0.3, -0.25) is 9.69 Å². The van der Waals surface area contributed by atoms with Crippen LogP contribution in [0.3, 0.4) is 0 Å². The molecule has 1 aromatic rings. The average Bonchev–Trinajstić information content (AvgIpc) is 3.43. The van der Waals surface area contributed by atoms with Crippen molar-refractivity contribution < 1.29 is 53.0 Å². The highest BCUT2D eigenvalue weighted by Crippen LogP contribution is 2.80. The molecule has 1 saturated heterocycles. The average molecular weight is 660 g/mol. The van der Waals surface area contributed by atoms with Gasteiger partial charge in [0, 0.05) is 89.4 Å². The van der Waals surface area contributed by atoms with Gasteiger partial charge in [-0.15, -0.1) is 0 Å². The molecule has 6 fully saturated rings. The highest BCUT2D eigenvalue weighted by atomic mass is 16.6. The van der Waals surface area contributed by atoms with E-state index in [1.807, 2.05) is 0 Å². The molecule has 1 spiro atoms. The maximum atomic E-state index is 13.9. The minimum Gasteiger partial charge on any atom is -0.497 e. The first-order chi connectivity index (χ1) is 22.5. The van der Waals surface area contributed by atoms with Crippen molar-refractivity contribution >= 4 is 11.9 Å². The molecule has 260 valence electrons. The minimum atomic E-state index is -1.58. The SMILES string of the molecule is CCN1C[C@@]2(COC)[C@@H](O)C[C@@H](OC)[C@@]34[C@@H]1[C@@H]([C@@H](OC)[C@@H]23)[C@]1(OC(C)=O)C[C@@H](OC)[C@@]2(O)C[C@H]4[C@H]1[C@@H]2OC(=O)c1ccc(OC)cc1. The molecule has 0 unspecified atom stereocenters. The Morgan fingerprint density at radius 2 is 1.68 bits per heavy atom. The third-order valence-corrected chi connectivity index (χ3v) is 13.4. The third kappa shape index (κ3) is 4.00. The molecule has 5 aliphatic carbocycles. The lowest BCUT2D eigenvalue weighted by Gasteiger charge is -2.70. The number of benzene rings is 1. The standard InChI is InChI=1S/C35H49NO11/c1-8-36-16-32(17-41-3)22(38)13-23(43-5)35-21-14-33(40)24(44-6)15-34(47-18(2)37,26(29(35)36)27(45-7)28(32)35)25(21)30(33)46-31(39)19-9-11-20(42-4)12-10-19/h9-12,21-30,38,40H,8,13-17H2,1-7H3/t21-,22-,23+,24+,25-,26+,27+,28-,29-,30-,32+,33-,34-,35+/m0/s1. The van der Waals surface area contributed by atoms with Crippen LogP contribution in [0.5, 0.6) is 5.75 Å². The minimum absolute atomic E-state index is 0.179. The fraction of sp³-hybridized carbons (Fsp3) is 0.771. The Kier molecular flexibility index (Phi) is 8.02. The Balaban J connectivity index is 1.47. The van der Waals surface area contributed by atoms with Gasteiger partial charge in [0.2, 0.25) is 0 Å². The van der Waals surface area contributed by atoms with Crippen LogP contribution in [0, 0.1) is 34.5 Å². The quantitative estimate of drug-likeness (QED) is 0.353. The maximum Gasteiger partial charge on any atom is 0.338 e. The molecule has 0 radical (unpaired) electrons. The van der Waals surface area contributed by atoms with Crippen molar-refractivity contribution in [1.29, 1.82) is 0 Å². The zero-order valence-corrected chi connectivity index (χ0v) is 28.3. The van der Waals surface area contributed by atoms with Crippen molar-refractivity contribution in [2.75, 3.05) is 55.2 Å². The van der Waals surface area contributed by atoms with Gasteiger partial charge >= 0.3 is 11.9 Å². The van der Waals surface area contributed by atoms with Gasteiger partial charge in [0.1, 0.15) is 23.1 Å². The molecule has 1 aromatic carbocycles. The number of hydrogen-bond acceptors (Lipinski definition) is 12. The van der Waals surface area contributed by atoms with Gasteiger partial charge in [-0.2, -0.15) is 0 Å². The predicted molar refractivity (Wildman–Crippen MR) is 166 cm³/mol. The van der Waals surface area contributed by atoms with Crippen LogP contribution in [0.4, 0.5) is 0 Å². The molecule has 0 amide bonds. The van der Waals surface area contributed by atoms with E-state index < -0.39 is 76.3 Å². The molecule has 5 saturated carbocycles. The van der Waals surface area contributed by atoms with Gasteiger partial charge in [0.05, 0.1) is 43.7 Å². The topological polar surface area (TPSA) is 142 Å². The summed E-state index contributed by atoms with van der Waals surface area (Å²) in [6.07, 6.45) is -2.70. The van der Waals surface area contributed by atoms with Crippen molar-refractivity contribution in [2.45, 2.75) is 80.9 Å². The molecule has 1 heterocycles. The molecular weight excluding hydrogens is 610 g/mol. The fourth-order valence-corrected chi connectivity index (χ4v) is 12.4. The van der Waals surface area contributed by atoms with E-state index in [-0.39, 0.29) is 30.7 Å². The number of piperidine rings is 1.